The number of anilines is 1. The molecule has 116 valence electrons. The van der Waals surface area contributed by atoms with E-state index in [1.165, 1.54) is 6.07 Å². The monoisotopic (exact) mass is 296 g/mol. The molecule has 1 saturated heterocycles. The topological polar surface area (TPSA) is 65.8 Å². The fraction of sp³-hybridized carbons (Fsp3) is 0.667. The average Bonchev–Trinajstić information content (AvgIpc) is 2.52. The number of rotatable bonds is 4. The van der Waals surface area contributed by atoms with Crippen LogP contribution in [0.5, 0.6) is 0 Å². The third-order valence-corrected chi connectivity index (χ3v) is 4.89. The van der Waals surface area contributed by atoms with Gasteiger partial charge < -0.3 is 19.8 Å². The van der Waals surface area contributed by atoms with Crippen molar-refractivity contribution in [1.29, 1.82) is 0 Å². The summed E-state index contributed by atoms with van der Waals surface area (Å²) in [6.45, 7) is 1.61. The maximum absolute atomic E-state index is 13.8. The Morgan fingerprint density at radius 2 is 2.19 bits per heavy atom. The third kappa shape index (κ3) is 2.52. The Morgan fingerprint density at radius 3 is 2.81 bits per heavy atom. The van der Waals surface area contributed by atoms with Gasteiger partial charge in [0.2, 0.25) is 0 Å². The van der Waals surface area contributed by atoms with E-state index in [0.717, 1.165) is 12.8 Å². The first-order valence-corrected chi connectivity index (χ1v) is 7.43. The van der Waals surface area contributed by atoms with E-state index in [1.807, 2.05) is 4.90 Å². The minimum Gasteiger partial charge on any atom is -0.394 e. The van der Waals surface area contributed by atoms with Crippen LogP contribution in [-0.2, 0) is 4.74 Å². The minimum absolute atomic E-state index is 0.00428. The Morgan fingerprint density at radius 1 is 1.43 bits per heavy atom. The summed E-state index contributed by atoms with van der Waals surface area (Å²) in [6, 6.07) is 3.00. The fourth-order valence-corrected chi connectivity index (χ4v) is 3.56. The standard InChI is InChI=1S/C15H21FN2O3/c16-11-2-1-5-17-14(11)18-6-3-15(4-7-18)12(20)10-13(15)21-9-8-19/h1-2,5,12-13,19-20H,3-4,6-10H2. The van der Waals surface area contributed by atoms with Crippen LogP contribution in [0.1, 0.15) is 19.3 Å². The van der Waals surface area contributed by atoms with Crippen LogP contribution in [-0.4, -0.2) is 53.7 Å². The highest BCUT2D eigenvalue weighted by molar-refractivity contribution is 5.40. The number of nitrogens with zero attached hydrogens (tertiary/aromatic N) is 2. The largest absolute Gasteiger partial charge is 0.394 e. The lowest BCUT2D eigenvalue weighted by Gasteiger charge is -2.56. The molecule has 2 aliphatic rings. The van der Waals surface area contributed by atoms with Gasteiger partial charge in [0.15, 0.2) is 11.6 Å². The molecule has 5 nitrogen and oxygen atoms in total. The molecule has 1 aliphatic carbocycles. The molecule has 3 rings (SSSR count). The van der Waals surface area contributed by atoms with Crippen molar-refractivity contribution in [2.24, 2.45) is 5.41 Å². The van der Waals surface area contributed by atoms with Crippen LogP contribution in [0.15, 0.2) is 18.3 Å². The van der Waals surface area contributed by atoms with Gasteiger partial charge in [-0.05, 0) is 25.0 Å². The van der Waals surface area contributed by atoms with Crippen molar-refractivity contribution in [1.82, 2.24) is 4.98 Å². The van der Waals surface area contributed by atoms with E-state index in [-0.39, 0.29) is 30.0 Å². The van der Waals surface area contributed by atoms with Crippen LogP contribution in [0.3, 0.4) is 0 Å². The van der Waals surface area contributed by atoms with E-state index in [2.05, 4.69) is 4.98 Å². The first kappa shape index (κ1) is 14.7. The lowest BCUT2D eigenvalue weighted by atomic mass is 9.58. The van der Waals surface area contributed by atoms with Gasteiger partial charge in [0.25, 0.3) is 0 Å². The molecule has 2 fully saturated rings. The number of hydrogen-bond donors (Lipinski definition) is 2. The highest BCUT2D eigenvalue weighted by atomic mass is 19.1. The number of halogens is 1. The summed E-state index contributed by atoms with van der Waals surface area (Å²) in [5, 5.41) is 19.0. The summed E-state index contributed by atoms with van der Waals surface area (Å²) in [7, 11) is 0. The molecule has 1 aromatic rings. The van der Waals surface area contributed by atoms with E-state index in [9.17, 15) is 9.50 Å². The molecule has 1 aromatic heterocycles. The molecule has 1 aliphatic heterocycles. The van der Waals surface area contributed by atoms with Crippen molar-refractivity contribution in [3.05, 3.63) is 24.1 Å². The Hall–Kier alpha value is -1.24. The number of aromatic nitrogens is 1. The second kappa shape index (κ2) is 5.87. The SMILES string of the molecule is OCCOC1CC(O)C12CCN(c1ncccc1F)CC2. The van der Waals surface area contributed by atoms with Crippen LogP contribution in [0, 0.1) is 11.2 Å². The molecule has 2 heterocycles. The van der Waals surface area contributed by atoms with Gasteiger partial charge in [-0.3, -0.25) is 0 Å². The van der Waals surface area contributed by atoms with Gasteiger partial charge in [-0.15, -0.1) is 0 Å². The number of aliphatic hydroxyl groups excluding tert-OH is 2. The summed E-state index contributed by atoms with van der Waals surface area (Å²) >= 11 is 0. The Kier molecular flexibility index (Phi) is 4.10. The fourth-order valence-electron chi connectivity index (χ4n) is 3.56. The molecule has 1 spiro atoms. The summed E-state index contributed by atoms with van der Waals surface area (Å²) in [5.41, 5.74) is -0.239. The summed E-state index contributed by atoms with van der Waals surface area (Å²) in [5.74, 6) is 0.0738. The molecule has 6 heteroatoms. The second-order valence-corrected chi connectivity index (χ2v) is 5.86. The number of ether oxygens (including phenoxy) is 1. The van der Waals surface area contributed by atoms with E-state index >= 15 is 0 Å². The maximum Gasteiger partial charge on any atom is 0.165 e. The number of hydrogen-bond acceptors (Lipinski definition) is 5. The van der Waals surface area contributed by atoms with Crippen molar-refractivity contribution >= 4 is 5.82 Å². The van der Waals surface area contributed by atoms with Gasteiger partial charge in [0, 0.05) is 31.1 Å². The predicted octanol–water partition coefficient (Wildman–Crippen LogP) is 0.949. The lowest BCUT2D eigenvalue weighted by Crippen LogP contribution is -2.62. The Labute approximate surface area is 123 Å². The van der Waals surface area contributed by atoms with Crippen LogP contribution >= 0.6 is 0 Å². The molecular formula is C15H21FN2O3. The first-order valence-electron chi connectivity index (χ1n) is 7.43. The molecule has 2 unspecified atom stereocenters. The number of piperidine rings is 1. The van der Waals surface area contributed by atoms with Crippen molar-refractivity contribution in [3.8, 4) is 0 Å². The normalized spacial score (nSPS) is 27.7. The zero-order valence-electron chi connectivity index (χ0n) is 11.9. The van der Waals surface area contributed by atoms with E-state index in [4.69, 9.17) is 9.84 Å². The van der Waals surface area contributed by atoms with Crippen molar-refractivity contribution in [2.75, 3.05) is 31.2 Å². The average molecular weight is 296 g/mol. The lowest BCUT2D eigenvalue weighted by molar-refractivity contribution is -0.203. The van der Waals surface area contributed by atoms with Gasteiger partial charge in [-0.2, -0.15) is 0 Å². The third-order valence-electron chi connectivity index (χ3n) is 4.89. The predicted molar refractivity (Wildman–Crippen MR) is 75.5 cm³/mol. The van der Waals surface area contributed by atoms with E-state index < -0.39 is 0 Å². The summed E-state index contributed by atoms with van der Waals surface area (Å²) in [6.07, 6.45) is 3.35. The highest BCUT2D eigenvalue weighted by Gasteiger charge is 2.56. The molecule has 0 amide bonds. The molecule has 2 N–H and O–H groups in total. The highest BCUT2D eigenvalue weighted by Crippen LogP contribution is 2.51. The number of aliphatic hydroxyl groups is 2. The van der Waals surface area contributed by atoms with Gasteiger partial charge in [-0.1, -0.05) is 0 Å². The second-order valence-electron chi connectivity index (χ2n) is 5.86. The zero-order chi connectivity index (χ0) is 14.9. The van der Waals surface area contributed by atoms with Crippen LogP contribution in [0.2, 0.25) is 0 Å². The van der Waals surface area contributed by atoms with E-state index in [1.54, 1.807) is 12.3 Å². The molecule has 0 aromatic carbocycles. The molecular weight excluding hydrogens is 275 g/mol. The van der Waals surface area contributed by atoms with Crippen molar-refractivity contribution < 1.29 is 19.3 Å². The minimum atomic E-state index is -0.364. The maximum atomic E-state index is 13.8. The number of pyridine rings is 1. The van der Waals surface area contributed by atoms with Gasteiger partial charge >= 0.3 is 0 Å². The molecule has 21 heavy (non-hydrogen) atoms. The summed E-state index contributed by atoms with van der Waals surface area (Å²) in [4.78, 5) is 6.03. The molecule has 2 atom stereocenters. The van der Waals surface area contributed by atoms with Gasteiger partial charge in [-0.25, -0.2) is 9.37 Å². The van der Waals surface area contributed by atoms with Gasteiger partial charge in [0.1, 0.15) is 0 Å². The molecule has 0 bridgehead atoms. The first-order chi connectivity index (χ1) is 10.2. The van der Waals surface area contributed by atoms with Crippen LogP contribution in [0.4, 0.5) is 10.2 Å². The van der Waals surface area contributed by atoms with Gasteiger partial charge in [0.05, 0.1) is 25.4 Å². The smallest absolute Gasteiger partial charge is 0.165 e. The molecule has 0 radical (unpaired) electrons. The van der Waals surface area contributed by atoms with Crippen LogP contribution in [0.25, 0.3) is 0 Å². The summed E-state index contributed by atoms with van der Waals surface area (Å²) < 4.78 is 19.4. The zero-order valence-corrected chi connectivity index (χ0v) is 11.9. The van der Waals surface area contributed by atoms with Crippen LogP contribution < -0.4 is 4.90 Å². The Balaban J connectivity index is 1.65. The quantitative estimate of drug-likeness (QED) is 0.866. The van der Waals surface area contributed by atoms with Crippen molar-refractivity contribution in [2.45, 2.75) is 31.5 Å². The van der Waals surface area contributed by atoms with E-state index in [0.29, 0.717) is 31.9 Å². The molecule has 1 saturated carbocycles. The van der Waals surface area contributed by atoms with Crippen molar-refractivity contribution in [3.63, 3.8) is 0 Å². The Bertz CT molecular complexity index is 492.